The highest BCUT2D eigenvalue weighted by Crippen LogP contribution is 2.18. The number of nitrogens with one attached hydrogen (secondary N) is 2. The van der Waals surface area contributed by atoms with Crippen LogP contribution in [0.1, 0.15) is 33.3 Å². The summed E-state index contributed by atoms with van der Waals surface area (Å²) in [5.41, 5.74) is 2.05. The molecule has 1 aromatic rings. The van der Waals surface area contributed by atoms with Crippen molar-refractivity contribution in [3.8, 4) is 0 Å². The van der Waals surface area contributed by atoms with Crippen molar-refractivity contribution in [2.45, 2.75) is 40.7 Å². The summed E-state index contributed by atoms with van der Waals surface area (Å²) in [5, 5.41) is 5.75. The quantitative estimate of drug-likeness (QED) is 0.807. The Morgan fingerprint density at radius 2 is 1.71 bits per heavy atom. The third kappa shape index (κ3) is 4.47. The fourth-order valence-electron chi connectivity index (χ4n) is 1.22. The molecule has 1 rings (SSSR count). The highest BCUT2D eigenvalue weighted by atomic mass is 16.2. The zero-order valence-electron chi connectivity index (χ0n) is 11.3. The van der Waals surface area contributed by atoms with Gasteiger partial charge in [-0.15, -0.1) is 0 Å². The molecule has 0 aliphatic rings. The minimum atomic E-state index is -0.156. The van der Waals surface area contributed by atoms with Crippen LogP contribution in [0.5, 0.6) is 0 Å². The Hall–Kier alpha value is -1.51. The molecule has 0 bridgehead atoms. The van der Waals surface area contributed by atoms with Crippen LogP contribution in [0.15, 0.2) is 24.3 Å². The molecule has 0 aliphatic heterocycles. The lowest BCUT2D eigenvalue weighted by atomic mass is 9.88. The lowest BCUT2D eigenvalue weighted by molar-refractivity contribution is 0.233. The van der Waals surface area contributed by atoms with Gasteiger partial charge in [0.15, 0.2) is 0 Å². The molecule has 0 heterocycles. The van der Waals surface area contributed by atoms with Gasteiger partial charge in [0.1, 0.15) is 0 Å². The van der Waals surface area contributed by atoms with E-state index in [0.29, 0.717) is 0 Å². The summed E-state index contributed by atoms with van der Waals surface area (Å²) in [6.07, 6.45) is 0. The van der Waals surface area contributed by atoms with Crippen molar-refractivity contribution >= 4 is 11.7 Å². The first kappa shape index (κ1) is 13.6. The van der Waals surface area contributed by atoms with E-state index in [2.05, 4.69) is 31.4 Å². The van der Waals surface area contributed by atoms with Gasteiger partial charge in [0.25, 0.3) is 0 Å². The molecule has 1 unspecified atom stereocenters. The van der Waals surface area contributed by atoms with Gasteiger partial charge in [-0.25, -0.2) is 4.79 Å². The number of hydrogen-bond donors (Lipinski definition) is 2. The highest BCUT2D eigenvalue weighted by molar-refractivity contribution is 5.89. The number of amides is 2. The van der Waals surface area contributed by atoms with Crippen LogP contribution in [0.2, 0.25) is 0 Å². The molecule has 1 aromatic carbocycles. The van der Waals surface area contributed by atoms with Gasteiger partial charge >= 0.3 is 6.03 Å². The van der Waals surface area contributed by atoms with Gasteiger partial charge in [0, 0.05) is 11.7 Å². The van der Waals surface area contributed by atoms with Gasteiger partial charge in [0.05, 0.1) is 0 Å². The molecular formula is C14H22N2O. The Bertz CT molecular complexity index is 376. The first-order chi connectivity index (χ1) is 7.79. The zero-order chi connectivity index (χ0) is 13.1. The van der Waals surface area contributed by atoms with Gasteiger partial charge in [-0.3, -0.25) is 0 Å². The van der Waals surface area contributed by atoms with Crippen molar-refractivity contribution in [3.63, 3.8) is 0 Å². The topological polar surface area (TPSA) is 41.1 Å². The molecular weight excluding hydrogens is 212 g/mol. The molecule has 0 saturated heterocycles. The Labute approximate surface area is 104 Å². The van der Waals surface area contributed by atoms with Crippen molar-refractivity contribution in [3.05, 3.63) is 29.8 Å². The van der Waals surface area contributed by atoms with E-state index in [1.54, 1.807) is 0 Å². The second-order valence-corrected chi connectivity index (χ2v) is 5.55. The van der Waals surface area contributed by atoms with Crippen LogP contribution in [0.4, 0.5) is 10.5 Å². The third-order valence-corrected chi connectivity index (χ3v) is 2.96. The molecule has 3 heteroatoms. The first-order valence-electron chi connectivity index (χ1n) is 5.93. The van der Waals surface area contributed by atoms with E-state index in [1.807, 2.05) is 38.1 Å². The minimum Gasteiger partial charge on any atom is -0.335 e. The molecule has 0 fully saturated rings. The van der Waals surface area contributed by atoms with E-state index >= 15 is 0 Å². The summed E-state index contributed by atoms with van der Waals surface area (Å²) < 4.78 is 0. The van der Waals surface area contributed by atoms with E-state index < -0.39 is 0 Å². The number of anilines is 1. The van der Waals surface area contributed by atoms with Crippen LogP contribution in [0.3, 0.4) is 0 Å². The predicted molar refractivity (Wildman–Crippen MR) is 72.3 cm³/mol. The molecule has 3 nitrogen and oxygen atoms in total. The maximum atomic E-state index is 11.7. The van der Waals surface area contributed by atoms with Crippen LogP contribution in [0, 0.1) is 12.3 Å². The standard InChI is InChI=1S/C14H22N2O/c1-10-6-8-12(9-7-10)16-13(17)15-11(2)14(3,4)5/h6-9,11H,1-5H3,(H2,15,16,17). The van der Waals surface area contributed by atoms with Gasteiger partial charge in [-0.2, -0.15) is 0 Å². The van der Waals surface area contributed by atoms with E-state index in [9.17, 15) is 4.79 Å². The second-order valence-electron chi connectivity index (χ2n) is 5.55. The van der Waals surface area contributed by atoms with E-state index in [0.717, 1.165) is 5.69 Å². The molecule has 94 valence electrons. The normalized spacial score (nSPS) is 13.0. The van der Waals surface area contributed by atoms with E-state index in [1.165, 1.54) is 5.56 Å². The van der Waals surface area contributed by atoms with Gasteiger partial charge in [-0.05, 0) is 31.4 Å². The average Bonchev–Trinajstić information content (AvgIpc) is 2.20. The van der Waals surface area contributed by atoms with Gasteiger partial charge < -0.3 is 10.6 Å². The van der Waals surface area contributed by atoms with Crippen molar-refractivity contribution in [1.29, 1.82) is 0 Å². The number of benzene rings is 1. The van der Waals surface area contributed by atoms with Crippen molar-refractivity contribution in [2.75, 3.05) is 5.32 Å². The lowest BCUT2D eigenvalue weighted by Crippen LogP contribution is -2.43. The van der Waals surface area contributed by atoms with Crippen molar-refractivity contribution in [1.82, 2.24) is 5.32 Å². The van der Waals surface area contributed by atoms with Crippen LogP contribution in [0.25, 0.3) is 0 Å². The molecule has 0 spiro atoms. The number of carbonyl (C=O) groups excluding carboxylic acids is 1. The van der Waals surface area contributed by atoms with Crippen LogP contribution in [-0.2, 0) is 0 Å². The molecule has 0 aliphatic carbocycles. The number of rotatable bonds is 2. The van der Waals surface area contributed by atoms with Gasteiger partial charge in [0.2, 0.25) is 0 Å². The van der Waals surface area contributed by atoms with Crippen LogP contribution >= 0.6 is 0 Å². The molecule has 0 radical (unpaired) electrons. The van der Waals surface area contributed by atoms with Crippen molar-refractivity contribution < 1.29 is 4.79 Å². The number of urea groups is 1. The first-order valence-corrected chi connectivity index (χ1v) is 5.93. The molecule has 2 N–H and O–H groups in total. The summed E-state index contributed by atoms with van der Waals surface area (Å²) in [6, 6.07) is 7.71. The Kier molecular flexibility index (Phi) is 4.16. The number of aryl methyl sites for hydroxylation is 1. The summed E-state index contributed by atoms with van der Waals surface area (Å²) >= 11 is 0. The molecule has 2 amide bonds. The fraction of sp³-hybridized carbons (Fsp3) is 0.500. The summed E-state index contributed by atoms with van der Waals surface area (Å²) in [6.45, 7) is 10.3. The second kappa shape index (κ2) is 5.21. The highest BCUT2D eigenvalue weighted by Gasteiger charge is 2.21. The average molecular weight is 234 g/mol. The maximum Gasteiger partial charge on any atom is 0.319 e. The number of carbonyl (C=O) groups is 1. The lowest BCUT2D eigenvalue weighted by Gasteiger charge is -2.28. The fourth-order valence-corrected chi connectivity index (χ4v) is 1.22. The van der Waals surface area contributed by atoms with E-state index in [-0.39, 0.29) is 17.5 Å². The summed E-state index contributed by atoms with van der Waals surface area (Å²) in [5.74, 6) is 0. The van der Waals surface area contributed by atoms with Gasteiger partial charge in [-0.1, -0.05) is 38.5 Å². The Morgan fingerprint density at radius 3 is 2.18 bits per heavy atom. The van der Waals surface area contributed by atoms with Crippen molar-refractivity contribution in [2.24, 2.45) is 5.41 Å². The van der Waals surface area contributed by atoms with Crippen LogP contribution in [-0.4, -0.2) is 12.1 Å². The summed E-state index contributed by atoms with van der Waals surface area (Å²) in [7, 11) is 0. The Morgan fingerprint density at radius 1 is 1.18 bits per heavy atom. The maximum absolute atomic E-state index is 11.7. The third-order valence-electron chi connectivity index (χ3n) is 2.96. The smallest absolute Gasteiger partial charge is 0.319 e. The largest absolute Gasteiger partial charge is 0.335 e. The zero-order valence-corrected chi connectivity index (χ0v) is 11.3. The minimum absolute atomic E-state index is 0.0601. The molecule has 1 atom stereocenters. The Balaban J connectivity index is 2.53. The predicted octanol–water partition coefficient (Wildman–Crippen LogP) is 3.55. The molecule has 0 aromatic heterocycles. The SMILES string of the molecule is Cc1ccc(NC(=O)NC(C)C(C)(C)C)cc1. The molecule has 0 saturated carbocycles. The molecule has 17 heavy (non-hydrogen) atoms. The number of hydrogen-bond acceptors (Lipinski definition) is 1. The monoisotopic (exact) mass is 234 g/mol. The van der Waals surface area contributed by atoms with Crippen LogP contribution < -0.4 is 10.6 Å². The summed E-state index contributed by atoms with van der Waals surface area (Å²) in [4.78, 5) is 11.7. The van der Waals surface area contributed by atoms with E-state index in [4.69, 9.17) is 0 Å².